The van der Waals surface area contributed by atoms with Crippen LogP contribution in [0, 0.1) is 0 Å². The van der Waals surface area contributed by atoms with Gasteiger partial charge in [0.05, 0.1) is 13.7 Å². The molecule has 9 nitrogen and oxygen atoms in total. The number of nitrogens with one attached hydrogen (secondary N) is 1. The minimum Gasteiger partial charge on any atom is -0.493 e. The highest BCUT2D eigenvalue weighted by Gasteiger charge is 2.21. The van der Waals surface area contributed by atoms with Gasteiger partial charge in [-0.2, -0.15) is 4.98 Å². The largest absolute Gasteiger partial charge is 0.493 e. The van der Waals surface area contributed by atoms with Crippen molar-refractivity contribution in [1.29, 1.82) is 0 Å². The molecule has 0 saturated carbocycles. The van der Waals surface area contributed by atoms with Gasteiger partial charge in [-0.3, -0.25) is 4.90 Å². The van der Waals surface area contributed by atoms with Crippen molar-refractivity contribution in [2.75, 3.05) is 38.7 Å². The van der Waals surface area contributed by atoms with Crippen LogP contribution in [0.2, 0.25) is 0 Å². The van der Waals surface area contributed by atoms with Gasteiger partial charge in [0.1, 0.15) is 11.3 Å². The second kappa shape index (κ2) is 10.4. The Bertz CT molecular complexity index is 1090. The summed E-state index contributed by atoms with van der Waals surface area (Å²) < 4.78 is 22.1. The molecular formula is C24H29N3O6. The lowest BCUT2D eigenvalue weighted by molar-refractivity contribution is -0.139. The van der Waals surface area contributed by atoms with Crippen LogP contribution in [0.5, 0.6) is 17.2 Å². The molecule has 2 heterocycles. The van der Waals surface area contributed by atoms with Gasteiger partial charge in [-0.15, -0.1) is 0 Å². The number of oxazole rings is 1. The number of carbonyl (C=O) groups is 1. The van der Waals surface area contributed by atoms with E-state index in [4.69, 9.17) is 23.7 Å². The number of anilines is 1. The fourth-order valence-corrected chi connectivity index (χ4v) is 3.96. The first-order chi connectivity index (χ1) is 16.0. The summed E-state index contributed by atoms with van der Waals surface area (Å²) in [6.45, 7) is 4.95. The number of piperidine rings is 1. The SMILES string of the molecule is CCOc1cc(CN2CCC(Nc3nc4cc(OCC(=O)O)ccc4o3)CC2)ccc1OC. The van der Waals surface area contributed by atoms with Crippen molar-refractivity contribution >= 4 is 23.1 Å². The summed E-state index contributed by atoms with van der Waals surface area (Å²) in [6, 6.07) is 11.9. The quantitative estimate of drug-likeness (QED) is 0.472. The Morgan fingerprint density at radius 1 is 1.18 bits per heavy atom. The van der Waals surface area contributed by atoms with E-state index in [0.29, 0.717) is 29.5 Å². The summed E-state index contributed by atoms with van der Waals surface area (Å²) in [5.74, 6) is 0.957. The maximum absolute atomic E-state index is 10.7. The number of benzene rings is 2. The van der Waals surface area contributed by atoms with Crippen LogP contribution in [-0.2, 0) is 11.3 Å². The molecule has 0 unspecified atom stereocenters. The van der Waals surface area contributed by atoms with E-state index in [2.05, 4.69) is 27.3 Å². The van der Waals surface area contributed by atoms with Gasteiger partial charge >= 0.3 is 5.97 Å². The third-order valence-electron chi connectivity index (χ3n) is 5.57. The lowest BCUT2D eigenvalue weighted by atomic mass is 10.0. The molecule has 0 aliphatic carbocycles. The lowest BCUT2D eigenvalue weighted by Crippen LogP contribution is -2.38. The van der Waals surface area contributed by atoms with Gasteiger partial charge in [0.25, 0.3) is 6.01 Å². The lowest BCUT2D eigenvalue weighted by Gasteiger charge is -2.32. The van der Waals surface area contributed by atoms with Crippen LogP contribution in [0.1, 0.15) is 25.3 Å². The van der Waals surface area contributed by atoms with Crippen molar-refractivity contribution in [2.24, 2.45) is 0 Å². The smallest absolute Gasteiger partial charge is 0.341 e. The molecule has 0 spiro atoms. The van der Waals surface area contributed by atoms with Gasteiger partial charge < -0.3 is 29.1 Å². The Kier molecular flexibility index (Phi) is 7.19. The molecule has 1 aliphatic heterocycles. The molecular weight excluding hydrogens is 426 g/mol. The van der Waals surface area contributed by atoms with Crippen LogP contribution in [0.25, 0.3) is 11.1 Å². The highest BCUT2D eigenvalue weighted by atomic mass is 16.5. The van der Waals surface area contributed by atoms with Crippen molar-refractivity contribution in [2.45, 2.75) is 32.4 Å². The number of carboxylic acid groups (broad SMARTS) is 1. The van der Waals surface area contributed by atoms with E-state index in [1.807, 2.05) is 13.0 Å². The monoisotopic (exact) mass is 455 g/mol. The summed E-state index contributed by atoms with van der Waals surface area (Å²) in [7, 11) is 1.65. The fraction of sp³-hybridized carbons (Fsp3) is 0.417. The number of fused-ring (bicyclic) bond motifs is 1. The van der Waals surface area contributed by atoms with Crippen LogP contribution in [0.15, 0.2) is 40.8 Å². The summed E-state index contributed by atoms with van der Waals surface area (Å²) in [6.07, 6.45) is 1.94. The summed E-state index contributed by atoms with van der Waals surface area (Å²) in [5.41, 5.74) is 2.45. The van der Waals surface area contributed by atoms with E-state index in [1.165, 1.54) is 5.56 Å². The number of ether oxygens (including phenoxy) is 3. The first kappa shape index (κ1) is 22.7. The standard InChI is InChI=1S/C24H29N3O6/c1-3-31-22-12-16(4-6-21(22)30-2)14-27-10-8-17(9-11-27)25-24-26-19-13-18(32-15-23(28)29)5-7-20(19)33-24/h4-7,12-13,17H,3,8-11,14-15H2,1-2H3,(H,25,26)(H,28,29). The molecule has 2 aromatic carbocycles. The number of aromatic nitrogens is 1. The number of likely N-dealkylation sites (tertiary alicyclic amines) is 1. The fourth-order valence-electron chi connectivity index (χ4n) is 3.96. The molecule has 3 aromatic rings. The molecule has 0 radical (unpaired) electrons. The topological polar surface area (TPSA) is 106 Å². The highest BCUT2D eigenvalue weighted by molar-refractivity contribution is 5.76. The van der Waals surface area contributed by atoms with Gasteiger partial charge in [0, 0.05) is 31.7 Å². The van der Waals surface area contributed by atoms with E-state index in [0.717, 1.165) is 44.0 Å². The summed E-state index contributed by atoms with van der Waals surface area (Å²) in [4.78, 5) is 17.6. The Morgan fingerprint density at radius 2 is 2.00 bits per heavy atom. The number of rotatable bonds is 10. The molecule has 33 heavy (non-hydrogen) atoms. The third-order valence-corrected chi connectivity index (χ3v) is 5.57. The maximum Gasteiger partial charge on any atom is 0.341 e. The van der Waals surface area contributed by atoms with E-state index < -0.39 is 12.6 Å². The van der Waals surface area contributed by atoms with Crippen molar-refractivity contribution < 1.29 is 28.5 Å². The normalized spacial score (nSPS) is 14.8. The van der Waals surface area contributed by atoms with Crippen molar-refractivity contribution in [3.05, 3.63) is 42.0 Å². The number of aliphatic carboxylic acids is 1. The Morgan fingerprint density at radius 3 is 2.73 bits per heavy atom. The second-order valence-electron chi connectivity index (χ2n) is 7.94. The molecule has 1 aromatic heterocycles. The number of hydrogen-bond acceptors (Lipinski definition) is 8. The average molecular weight is 456 g/mol. The van der Waals surface area contributed by atoms with Crippen LogP contribution in [0.4, 0.5) is 6.01 Å². The zero-order valence-electron chi connectivity index (χ0n) is 18.9. The summed E-state index contributed by atoms with van der Waals surface area (Å²) in [5, 5.41) is 12.1. The number of carboxylic acids is 1. The van der Waals surface area contributed by atoms with Crippen LogP contribution < -0.4 is 19.5 Å². The molecule has 0 atom stereocenters. The summed E-state index contributed by atoms with van der Waals surface area (Å²) >= 11 is 0. The van der Waals surface area contributed by atoms with Gasteiger partial charge in [-0.25, -0.2) is 4.79 Å². The molecule has 0 bridgehead atoms. The van der Waals surface area contributed by atoms with E-state index >= 15 is 0 Å². The number of hydrogen-bond donors (Lipinski definition) is 2. The van der Waals surface area contributed by atoms with Gasteiger partial charge in [-0.1, -0.05) is 6.07 Å². The molecule has 1 fully saturated rings. The molecule has 1 aliphatic rings. The predicted octanol–water partition coefficient (Wildman–Crippen LogP) is 3.78. The van der Waals surface area contributed by atoms with E-state index in [-0.39, 0.29) is 6.04 Å². The molecule has 2 N–H and O–H groups in total. The second-order valence-corrected chi connectivity index (χ2v) is 7.94. The van der Waals surface area contributed by atoms with Crippen molar-refractivity contribution in [3.63, 3.8) is 0 Å². The van der Waals surface area contributed by atoms with Gasteiger partial charge in [-0.05, 0) is 49.6 Å². The first-order valence-electron chi connectivity index (χ1n) is 11.1. The van der Waals surface area contributed by atoms with E-state index in [9.17, 15) is 4.79 Å². The zero-order valence-corrected chi connectivity index (χ0v) is 18.9. The number of methoxy groups -OCH3 is 1. The van der Waals surface area contributed by atoms with Gasteiger partial charge in [0.15, 0.2) is 23.7 Å². The number of nitrogens with zero attached hydrogens (tertiary/aromatic N) is 2. The molecule has 176 valence electrons. The highest BCUT2D eigenvalue weighted by Crippen LogP contribution is 2.29. The molecule has 1 saturated heterocycles. The predicted molar refractivity (Wildman–Crippen MR) is 123 cm³/mol. The average Bonchev–Trinajstić information content (AvgIpc) is 3.21. The minimum atomic E-state index is -1.02. The van der Waals surface area contributed by atoms with Crippen LogP contribution in [0.3, 0.4) is 0 Å². The maximum atomic E-state index is 10.7. The molecule has 4 rings (SSSR count). The van der Waals surface area contributed by atoms with Gasteiger partial charge in [0.2, 0.25) is 0 Å². The molecule has 0 amide bonds. The van der Waals surface area contributed by atoms with Crippen molar-refractivity contribution in [1.82, 2.24) is 9.88 Å². The zero-order chi connectivity index (χ0) is 23.2. The van der Waals surface area contributed by atoms with Crippen LogP contribution >= 0.6 is 0 Å². The third kappa shape index (κ3) is 5.87. The Labute approximate surface area is 192 Å². The first-order valence-corrected chi connectivity index (χ1v) is 11.1. The van der Waals surface area contributed by atoms with Crippen LogP contribution in [-0.4, -0.2) is 60.4 Å². The Hall–Kier alpha value is -3.46. The molecule has 9 heteroatoms. The Balaban J connectivity index is 1.30. The van der Waals surface area contributed by atoms with E-state index in [1.54, 1.807) is 25.3 Å². The minimum absolute atomic E-state index is 0.270. The van der Waals surface area contributed by atoms with Crippen molar-refractivity contribution in [3.8, 4) is 17.2 Å².